The van der Waals surface area contributed by atoms with Crippen LogP contribution < -0.4 is 0 Å². The van der Waals surface area contributed by atoms with Gasteiger partial charge in [0, 0.05) is 0 Å². The lowest BCUT2D eigenvalue weighted by atomic mass is 9.81. The first-order chi connectivity index (χ1) is 8.18. The molecule has 2 rings (SSSR count). The van der Waals surface area contributed by atoms with E-state index in [1.165, 1.54) is 16.3 Å². The third-order valence-corrected chi connectivity index (χ3v) is 3.51. The van der Waals surface area contributed by atoms with Crippen molar-refractivity contribution in [2.45, 2.75) is 26.7 Å². The molecule has 0 N–H and O–H groups in total. The van der Waals surface area contributed by atoms with Crippen LogP contribution in [0, 0.1) is 16.7 Å². The summed E-state index contributed by atoms with van der Waals surface area (Å²) >= 11 is 0. The number of hydrogen-bond acceptors (Lipinski definition) is 1. The second-order valence-corrected chi connectivity index (χ2v) is 4.84. The van der Waals surface area contributed by atoms with Gasteiger partial charge in [-0.25, -0.2) is 0 Å². The molecule has 0 aliphatic heterocycles. The zero-order chi connectivity index (χ0) is 12.3. The summed E-state index contributed by atoms with van der Waals surface area (Å²) in [6, 6.07) is 17.1. The molecule has 1 nitrogen and oxygen atoms in total. The van der Waals surface area contributed by atoms with Gasteiger partial charge in [-0.2, -0.15) is 5.26 Å². The third kappa shape index (κ3) is 2.31. The topological polar surface area (TPSA) is 23.8 Å². The Hall–Kier alpha value is -1.81. The monoisotopic (exact) mass is 223 g/mol. The molecular weight excluding hydrogens is 206 g/mol. The lowest BCUT2D eigenvalue weighted by molar-refractivity contribution is 0.424. The van der Waals surface area contributed by atoms with Crippen LogP contribution in [0.3, 0.4) is 0 Å². The van der Waals surface area contributed by atoms with Crippen molar-refractivity contribution < 1.29 is 0 Å². The van der Waals surface area contributed by atoms with Crippen LogP contribution in [0.4, 0.5) is 0 Å². The van der Waals surface area contributed by atoms with Crippen LogP contribution in [0.25, 0.3) is 10.8 Å². The van der Waals surface area contributed by atoms with Crippen molar-refractivity contribution in [2.24, 2.45) is 5.41 Å². The molecule has 1 heteroatoms. The van der Waals surface area contributed by atoms with E-state index in [2.05, 4.69) is 55.5 Å². The van der Waals surface area contributed by atoms with Gasteiger partial charge in [0.1, 0.15) is 0 Å². The molecule has 0 radical (unpaired) electrons. The number of fused-ring (bicyclic) bond motifs is 1. The molecule has 2 aromatic carbocycles. The summed E-state index contributed by atoms with van der Waals surface area (Å²) in [5.74, 6) is 0. The largest absolute Gasteiger partial charge is 0.198 e. The summed E-state index contributed by atoms with van der Waals surface area (Å²) in [6.45, 7) is 4.11. The van der Waals surface area contributed by atoms with Gasteiger partial charge in [-0.3, -0.25) is 0 Å². The molecule has 0 amide bonds. The van der Waals surface area contributed by atoms with E-state index < -0.39 is 0 Å². The summed E-state index contributed by atoms with van der Waals surface area (Å²) < 4.78 is 0. The quantitative estimate of drug-likeness (QED) is 0.760. The maximum atomic E-state index is 9.27. The first kappa shape index (κ1) is 11.7. The third-order valence-electron chi connectivity index (χ3n) is 3.51. The predicted molar refractivity (Wildman–Crippen MR) is 71.7 cm³/mol. The lowest BCUT2D eigenvalue weighted by Crippen LogP contribution is -2.15. The number of nitriles is 1. The molecule has 0 saturated carbocycles. The van der Waals surface area contributed by atoms with Crippen LogP contribution in [-0.2, 0) is 6.42 Å². The van der Waals surface area contributed by atoms with Crippen LogP contribution in [0.1, 0.15) is 25.8 Å². The highest BCUT2D eigenvalue weighted by molar-refractivity contribution is 5.85. The van der Waals surface area contributed by atoms with Crippen molar-refractivity contribution in [1.29, 1.82) is 5.26 Å². The average molecular weight is 223 g/mol. The molecule has 86 valence electrons. The molecular formula is C16H17N. The van der Waals surface area contributed by atoms with Gasteiger partial charge in [0.25, 0.3) is 0 Å². The van der Waals surface area contributed by atoms with Gasteiger partial charge in [-0.15, -0.1) is 0 Å². The molecule has 1 unspecified atom stereocenters. The normalized spacial score (nSPS) is 14.2. The summed E-state index contributed by atoms with van der Waals surface area (Å²) in [7, 11) is 0. The number of hydrogen-bond donors (Lipinski definition) is 0. The maximum absolute atomic E-state index is 9.27. The zero-order valence-electron chi connectivity index (χ0n) is 10.4. The predicted octanol–water partition coefficient (Wildman–Crippen LogP) is 4.32. The maximum Gasteiger partial charge on any atom is 0.0690 e. The Morgan fingerprint density at radius 1 is 1.12 bits per heavy atom. The Morgan fingerprint density at radius 3 is 2.53 bits per heavy atom. The van der Waals surface area contributed by atoms with Crippen LogP contribution >= 0.6 is 0 Å². The molecule has 2 aromatic rings. The minimum absolute atomic E-state index is 0.260. The molecule has 0 aromatic heterocycles. The molecule has 0 bridgehead atoms. The molecule has 0 fully saturated rings. The Balaban J connectivity index is 2.47. The highest BCUT2D eigenvalue weighted by Gasteiger charge is 2.22. The highest BCUT2D eigenvalue weighted by atomic mass is 14.3. The van der Waals surface area contributed by atoms with Crippen molar-refractivity contribution in [3.05, 3.63) is 48.0 Å². The number of benzene rings is 2. The fraction of sp³-hybridized carbons (Fsp3) is 0.312. The summed E-state index contributed by atoms with van der Waals surface area (Å²) in [5, 5.41) is 11.8. The second kappa shape index (κ2) is 4.59. The number of rotatable bonds is 3. The smallest absolute Gasteiger partial charge is 0.0690 e. The zero-order valence-corrected chi connectivity index (χ0v) is 10.4. The van der Waals surface area contributed by atoms with E-state index in [9.17, 15) is 5.26 Å². The second-order valence-electron chi connectivity index (χ2n) is 4.84. The van der Waals surface area contributed by atoms with E-state index in [4.69, 9.17) is 0 Å². The standard InChI is InChI=1S/C16H17N/c1-3-16(2,12-17)11-14-9-6-8-13-7-4-5-10-15(13)14/h4-10H,3,11H2,1-2H3. The van der Waals surface area contributed by atoms with E-state index in [1.54, 1.807) is 0 Å². The Kier molecular flexibility index (Phi) is 3.15. The van der Waals surface area contributed by atoms with Gasteiger partial charge in [-0.1, -0.05) is 49.4 Å². The van der Waals surface area contributed by atoms with Gasteiger partial charge >= 0.3 is 0 Å². The molecule has 0 spiro atoms. The van der Waals surface area contributed by atoms with Crippen LogP contribution in [0.15, 0.2) is 42.5 Å². The minimum atomic E-state index is -0.260. The fourth-order valence-corrected chi connectivity index (χ4v) is 2.11. The first-order valence-electron chi connectivity index (χ1n) is 6.06. The van der Waals surface area contributed by atoms with Crippen molar-refractivity contribution in [3.8, 4) is 6.07 Å². The number of nitrogens with zero attached hydrogens (tertiary/aromatic N) is 1. The molecule has 0 saturated heterocycles. The SMILES string of the molecule is CCC(C)(C#N)Cc1cccc2ccccc12. The summed E-state index contributed by atoms with van der Waals surface area (Å²) in [6.07, 6.45) is 1.70. The van der Waals surface area contributed by atoms with Crippen molar-refractivity contribution >= 4 is 10.8 Å². The lowest BCUT2D eigenvalue weighted by Gasteiger charge is -2.20. The molecule has 0 aliphatic rings. The van der Waals surface area contributed by atoms with Gasteiger partial charge in [0.2, 0.25) is 0 Å². The van der Waals surface area contributed by atoms with Gasteiger partial charge in [0.15, 0.2) is 0 Å². The van der Waals surface area contributed by atoms with E-state index in [1.807, 2.05) is 6.92 Å². The van der Waals surface area contributed by atoms with Crippen LogP contribution in [0.2, 0.25) is 0 Å². The van der Waals surface area contributed by atoms with Crippen LogP contribution in [-0.4, -0.2) is 0 Å². The average Bonchev–Trinajstić information content (AvgIpc) is 2.39. The van der Waals surface area contributed by atoms with Crippen LogP contribution in [0.5, 0.6) is 0 Å². The Bertz CT molecular complexity index is 560. The van der Waals surface area contributed by atoms with E-state index in [0.29, 0.717) is 0 Å². The first-order valence-corrected chi connectivity index (χ1v) is 6.06. The van der Waals surface area contributed by atoms with E-state index >= 15 is 0 Å². The van der Waals surface area contributed by atoms with Gasteiger partial charge in [-0.05, 0) is 36.1 Å². The summed E-state index contributed by atoms with van der Waals surface area (Å²) in [4.78, 5) is 0. The van der Waals surface area contributed by atoms with Crippen molar-refractivity contribution in [2.75, 3.05) is 0 Å². The molecule has 0 aliphatic carbocycles. The van der Waals surface area contributed by atoms with Crippen molar-refractivity contribution in [1.82, 2.24) is 0 Å². The summed E-state index contributed by atoms with van der Waals surface area (Å²) in [5.41, 5.74) is 1.01. The van der Waals surface area contributed by atoms with Gasteiger partial charge in [0.05, 0.1) is 11.5 Å². The molecule has 0 heterocycles. The Morgan fingerprint density at radius 2 is 1.82 bits per heavy atom. The van der Waals surface area contributed by atoms with E-state index in [0.717, 1.165) is 12.8 Å². The molecule has 17 heavy (non-hydrogen) atoms. The fourth-order valence-electron chi connectivity index (χ4n) is 2.11. The van der Waals surface area contributed by atoms with Crippen molar-refractivity contribution in [3.63, 3.8) is 0 Å². The highest BCUT2D eigenvalue weighted by Crippen LogP contribution is 2.29. The molecule has 1 atom stereocenters. The van der Waals surface area contributed by atoms with E-state index in [-0.39, 0.29) is 5.41 Å². The van der Waals surface area contributed by atoms with Gasteiger partial charge < -0.3 is 0 Å². The minimum Gasteiger partial charge on any atom is -0.198 e. The Labute approximate surface area is 103 Å².